The Bertz CT molecular complexity index is 1390. The van der Waals surface area contributed by atoms with Crippen LogP contribution in [0.5, 0.6) is 0 Å². The van der Waals surface area contributed by atoms with Gasteiger partial charge in [0.2, 0.25) is 0 Å². The Morgan fingerprint density at radius 2 is 1.85 bits per heavy atom. The van der Waals surface area contributed by atoms with Crippen molar-refractivity contribution in [3.05, 3.63) is 70.5 Å². The predicted molar refractivity (Wildman–Crippen MR) is 133 cm³/mol. The largest absolute Gasteiger partial charge is 0.355 e. The molecule has 3 aliphatic rings. The molecule has 1 aliphatic heterocycles. The smallest absolute Gasteiger partial charge is 0.155 e. The van der Waals surface area contributed by atoms with Crippen LogP contribution in [0.15, 0.2) is 42.9 Å². The van der Waals surface area contributed by atoms with E-state index in [-0.39, 0.29) is 0 Å². The van der Waals surface area contributed by atoms with E-state index in [1.54, 1.807) is 0 Å². The Kier molecular flexibility index (Phi) is 4.50. The normalized spacial score (nSPS) is 19.2. The van der Waals surface area contributed by atoms with E-state index in [1.165, 1.54) is 24.1 Å². The van der Waals surface area contributed by atoms with Crippen molar-refractivity contribution in [3.8, 4) is 11.3 Å². The van der Waals surface area contributed by atoms with Gasteiger partial charge in [-0.2, -0.15) is 5.10 Å². The summed E-state index contributed by atoms with van der Waals surface area (Å²) in [6, 6.07) is 8.39. The van der Waals surface area contributed by atoms with E-state index in [0.717, 1.165) is 77.8 Å². The van der Waals surface area contributed by atoms with Crippen molar-refractivity contribution in [2.45, 2.75) is 51.4 Å². The molecule has 5 heterocycles. The van der Waals surface area contributed by atoms with Crippen LogP contribution in [0.2, 0.25) is 5.02 Å². The Labute approximate surface area is 204 Å². The number of nitrogens with zero attached hydrogens (tertiary/aromatic N) is 6. The molecular formula is C27H27ClN6. The maximum absolute atomic E-state index is 6.87. The average molecular weight is 471 g/mol. The molecule has 6 nitrogen and oxygen atoms in total. The van der Waals surface area contributed by atoms with Crippen LogP contribution in [0, 0.1) is 12.3 Å². The summed E-state index contributed by atoms with van der Waals surface area (Å²) in [6.45, 7) is 4.07. The highest BCUT2D eigenvalue weighted by molar-refractivity contribution is 6.34. The summed E-state index contributed by atoms with van der Waals surface area (Å²) in [4.78, 5) is 16.8. The van der Waals surface area contributed by atoms with Crippen LogP contribution in [-0.2, 0) is 12.8 Å². The molecule has 34 heavy (non-hydrogen) atoms. The molecule has 7 heteroatoms. The van der Waals surface area contributed by atoms with Crippen molar-refractivity contribution in [2.24, 2.45) is 5.41 Å². The van der Waals surface area contributed by atoms with Crippen LogP contribution in [0.25, 0.3) is 16.8 Å². The quantitative estimate of drug-likeness (QED) is 0.400. The summed E-state index contributed by atoms with van der Waals surface area (Å²) >= 11 is 6.87. The molecule has 1 saturated carbocycles. The second-order valence-electron chi connectivity index (χ2n) is 10.3. The standard InChI is InChI=1S/C27H27ClN6/c1-17-25(20-6-11-30-24(23(20)28)18-4-5-18)34-22(7-12-31-34)26(32-17)33-13-8-27(9-14-33)15-19-3-2-10-29-21(19)16-27/h2-3,6-7,10-12,18H,4-5,8-9,13-16H2,1H3. The first-order valence-electron chi connectivity index (χ1n) is 12.3. The molecule has 4 aromatic rings. The number of hydrogen-bond acceptors (Lipinski definition) is 5. The number of halogens is 1. The lowest BCUT2D eigenvalue weighted by atomic mass is 9.76. The Morgan fingerprint density at radius 3 is 2.65 bits per heavy atom. The summed E-state index contributed by atoms with van der Waals surface area (Å²) in [7, 11) is 0. The zero-order chi connectivity index (χ0) is 22.9. The Balaban J connectivity index is 1.22. The zero-order valence-electron chi connectivity index (χ0n) is 19.3. The van der Waals surface area contributed by atoms with Gasteiger partial charge < -0.3 is 4.90 Å². The fraction of sp³-hybridized carbons (Fsp3) is 0.407. The molecule has 0 bridgehead atoms. The van der Waals surface area contributed by atoms with Gasteiger partial charge in [0.1, 0.15) is 5.52 Å². The van der Waals surface area contributed by atoms with Gasteiger partial charge in [-0.15, -0.1) is 0 Å². The second-order valence-corrected chi connectivity index (χ2v) is 10.7. The molecule has 2 fully saturated rings. The molecule has 7 rings (SSSR count). The number of pyridine rings is 2. The average Bonchev–Trinajstić information content (AvgIpc) is 3.45. The lowest BCUT2D eigenvalue weighted by Gasteiger charge is -2.40. The molecule has 0 N–H and O–H groups in total. The van der Waals surface area contributed by atoms with Gasteiger partial charge >= 0.3 is 0 Å². The SMILES string of the molecule is Cc1nc(N2CCC3(CC2)Cc2cccnc2C3)c2ccnn2c1-c1ccnc(C2CC2)c1Cl. The number of aromatic nitrogens is 5. The summed E-state index contributed by atoms with van der Waals surface area (Å²) in [5.41, 5.74) is 8.01. The first-order chi connectivity index (χ1) is 16.6. The summed E-state index contributed by atoms with van der Waals surface area (Å²) in [5.74, 6) is 1.51. The van der Waals surface area contributed by atoms with E-state index in [0.29, 0.717) is 11.3 Å². The number of fused-ring (bicyclic) bond motifs is 2. The molecule has 172 valence electrons. The number of rotatable bonds is 3. The minimum Gasteiger partial charge on any atom is -0.355 e. The summed E-state index contributed by atoms with van der Waals surface area (Å²) in [6.07, 6.45) is 12.6. The van der Waals surface area contributed by atoms with Crippen LogP contribution in [0.1, 0.15) is 54.2 Å². The van der Waals surface area contributed by atoms with Gasteiger partial charge in [-0.05, 0) is 74.6 Å². The van der Waals surface area contributed by atoms with E-state index in [4.69, 9.17) is 21.7 Å². The minimum absolute atomic E-state index is 0.350. The maximum atomic E-state index is 6.87. The molecule has 4 aromatic heterocycles. The van der Waals surface area contributed by atoms with Crippen molar-refractivity contribution in [3.63, 3.8) is 0 Å². The molecule has 0 amide bonds. The van der Waals surface area contributed by atoms with E-state index in [1.807, 2.05) is 29.2 Å². The summed E-state index contributed by atoms with van der Waals surface area (Å²) < 4.78 is 2.02. The van der Waals surface area contributed by atoms with Crippen LogP contribution in [0.4, 0.5) is 5.82 Å². The monoisotopic (exact) mass is 470 g/mol. The van der Waals surface area contributed by atoms with Crippen molar-refractivity contribution in [1.29, 1.82) is 0 Å². The first-order valence-corrected chi connectivity index (χ1v) is 12.7. The molecule has 0 aromatic carbocycles. The van der Waals surface area contributed by atoms with Gasteiger partial charge in [-0.3, -0.25) is 9.97 Å². The van der Waals surface area contributed by atoms with E-state index >= 15 is 0 Å². The van der Waals surface area contributed by atoms with Gasteiger partial charge in [-0.25, -0.2) is 9.50 Å². The van der Waals surface area contributed by atoms with E-state index < -0.39 is 0 Å². The molecule has 2 aliphatic carbocycles. The minimum atomic E-state index is 0.350. The molecule has 1 saturated heterocycles. The lowest BCUT2D eigenvalue weighted by Crippen LogP contribution is -2.41. The van der Waals surface area contributed by atoms with Crippen LogP contribution >= 0.6 is 11.6 Å². The van der Waals surface area contributed by atoms with Crippen LogP contribution < -0.4 is 4.90 Å². The molecule has 0 atom stereocenters. The first kappa shape index (κ1) is 20.4. The highest BCUT2D eigenvalue weighted by Crippen LogP contribution is 2.46. The lowest BCUT2D eigenvalue weighted by molar-refractivity contribution is 0.231. The molecule has 0 radical (unpaired) electrons. The summed E-state index contributed by atoms with van der Waals surface area (Å²) in [5, 5.41) is 5.45. The number of aryl methyl sites for hydroxylation is 1. The second kappa shape index (κ2) is 7.51. The van der Waals surface area contributed by atoms with Crippen molar-refractivity contribution < 1.29 is 0 Å². The Hall–Kier alpha value is -2.99. The van der Waals surface area contributed by atoms with Crippen molar-refractivity contribution >= 4 is 22.9 Å². The third-order valence-electron chi connectivity index (χ3n) is 8.05. The third kappa shape index (κ3) is 3.15. The van der Waals surface area contributed by atoms with Gasteiger partial charge in [0.25, 0.3) is 0 Å². The van der Waals surface area contributed by atoms with Gasteiger partial charge in [0.15, 0.2) is 5.82 Å². The molecule has 1 spiro atoms. The maximum Gasteiger partial charge on any atom is 0.155 e. The molecule has 0 unspecified atom stereocenters. The highest BCUT2D eigenvalue weighted by Gasteiger charge is 2.41. The topological polar surface area (TPSA) is 59.2 Å². The predicted octanol–water partition coefficient (Wildman–Crippen LogP) is 5.41. The highest BCUT2D eigenvalue weighted by atomic mass is 35.5. The van der Waals surface area contributed by atoms with Gasteiger partial charge in [0.05, 0.1) is 28.3 Å². The third-order valence-corrected chi connectivity index (χ3v) is 8.45. The van der Waals surface area contributed by atoms with Gasteiger partial charge in [0, 0.05) is 42.7 Å². The van der Waals surface area contributed by atoms with E-state index in [9.17, 15) is 0 Å². The Morgan fingerprint density at radius 1 is 1.00 bits per heavy atom. The van der Waals surface area contributed by atoms with Crippen LogP contribution in [0.3, 0.4) is 0 Å². The zero-order valence-corrected chi connectivity index (χ0v) is 20.1. The molecular weight excluding hydrogens is 444 g/mol. The number of hydrogen-bond donors (Lipinski definition) is 0. The number of anilines is 1. The van der Waals surface area contributed by atoms with Crippen molar-refractivity contribution in [2.75, 3.05) is 18.0 Å². The van der Waals surface area contributed by atoms with Crippen molar-refractivity contribution in [1.82, 2.24) is 24.6 Å². The van der Waals surface area contributed by atoms with E-state index in [2.05, 4.69) is 40.0 Å². The fourth-order valence-electron chi connectivity index (χ4n) is 6.06. The van der Waals surface area contributed by atoms with Crippen LogP contribution in [-0.4, -0.2) is 37.7 Å². The van der Waals surface area contributed by atoms with Gasteiger partial charge in [-0.1, -0.05) is 17.7 Å². The number of piperidine rings is 1. The fourth-order valence-corrected chi connectivity index (χ4v) is 6.41.